The molecule has 2 aromatic carbocycles. The first kappa shape index (κ1) is 16.7. The van der Waals surface area contributed by atoms with E-state index in [9.17, 15) is 9.18 Å². The Morgan fingerprint density at radius 3 is 2.52 bits per heavy atom. The summed E-state index contributed by atoms with van der Waals surface area (Å²) in [6, 6.07) is 17.3. The zero-order chi connectivity index (χ0) is 17.6. The number of aromatic nitrogens is 2. The van der Waals surface area contributed by atoms with Crippen molar-refractivity contribution in [3.63, 3.8) is 0 Å². The van der Waals surface area contributed by atoms with Crippen LogP contribution in [0.1, 0.15) is 6.92 Å². The van der Waals surface area contributed by atoms with Gasteiger partial charge in [0.15, 0.2) is 6.61 Å². The van der Waals surface area contributed by atoms with Crippen LogP contribution in [0.25, 0.3) is 16.9 Å². The lowest BCUT2D eigenvalue weighted by molar-refractivity contribution is -0.145. The molecule has 0 radical (unpaired) electrons. The van der Waals surface area contributed by atoms with E-state index < -0.39 is 5.97 Å². The number of hydrogen-bond donors (Lipinski definition) is 0. The average Bonchev–Trinajstić information content (AvgIpc) is 3.06. The van der Waals surface area contributed by atoms with Crippen molar-refractivity contribution in [3.05, 3.63) is 66.5 Å². The number of halogens is 1. The van der Waals surface area contributed by atoms with Gasteiger partial charge in [0.25, 0.3) is 0 Å². The third kappa shape index (κ3) is 4.03. The van der Waals surface area contributed by atoms with E-state index in [1.165, 1.54) is 12.1 Å². The molecule has 0 amide bonds. The van der Waals surface area contributed by atoms with Gasteiger partial charge in [0.05, 0.1) is 18.0 Å². The standard InChI is InChI=1S/C19H17FN2O3/c1-2-24-19(23)13-25-18-12-17(14-8-10-15(20)11-9-14)22(21-18)16-6-4-3-5-7-16/h3-12H,2,13H2,1H3. The smallest absolute Gasteiger partial charge is 0.344 e. The Labute approximate surface area is 144 Å². The molecule has 128 valence electrons. The molecule has 3 aromatic rings. The molecule has 0 saturated carbocycles. The fourth-order valence-corrected chi connectivity index (χ4v) is 2.36. The van der Waals surface area contributed by atoms with E-state index in [0.717, 1.165) is 16.9 Å². The molecular formula is C19H17FN2O3. The Kier molecular flexibility index (Phi) is 5.09. The minimum Gasteiger partial charge on any atom is -0.465 e. The summed E-state index contributed by atoms with van der Waals surface area (Å²) in [5, 5.41) is 4.40. The highest BCUT2D eigenvalue weighted by molar-refractivity contribution is 5.71. The Bertz CT molecular complexity index is 845. The van der Waals surface area contributed by atoms with Crippen LogP contribution in [0, 0.1) is 5.82 Å². The summed E-state index contributed by atoms with van der Waals surface area (Å²) in [4.78, 5) is 11.5. The molecule has 0 aliphatic heterocycles. The summed E-state index contributed by atoms with van der Waals surface area (Å²) >= 11 is 0. The monoisotopic (exact) mass is 340 g/mol. The van der Waals surface area contributed by atoms with Crippen molar-refractivity contribution >= 4 is 5.97 Å². The van der Waals surface area contributed by atoms with Crippen LogP contribution in [0.4, 0.5) is 4.39 Å². The summed E-state index contributed by atoms with van der Waals surface area (Å²) in [6.07, 6.45) is 0. The van der Waals surface area contributed by atoms with Crippen LogP contribution in [0.3, 0.4) is 0 Å². The number of rotatable bonds is 6. The molecule has 1 aromatic heterocycles. The van der Waals surface area contributed by atoms with Crippen LogP contribution < -0.4 is 4.74 Å². The summed E-state index contributed by atoms with van der Waals surface area (Å²) in [6.45, 7) is 1.80. The van der Waals surface area contributed by atoms with Gasteiger partial charge < -0.3 is 9.47 Å². The second-order valence-electron chi connectivity index (χ2n) is 5.22. The third-order valence-electron chi connectivity index (χ3n) is 3.47. The number of ether oxygens (including phenoxy) is 2. The van der Waals surface area contributed by atoms with Gasteiger partial charge in [-0.1, -0.05) is 18.2 Å². The van der Waals surface area contributed by atoms with Crippen LogP contribution in [-0.2, 0) is 9.53 Å². The summed E-state index contributed by atoms with van der Waals surface area (Å²) in [5.41, 5.74) is 2.33. The molecule has 0 aliphatic carbocycles. The van der Waals surface area contributed by atoms with E-state index in [2.05, 4.69) is 5.10 Å². The van der Waals surface area contributed by atoms with Crippen molar-refractivity contribution < 1.29 is 18.7 Å². The van der Waals surface area contributed by atoms with Crippen molar-refractivity contribution in [3.8, 4) is 22.8 Å². The van der Waals surface area contributed by atoms with E-state index in [0.29, 0.717) is 6.61 Å². The zero-order valence-electron chi connectivity index (χ0n) is 13.7. The fraction of sp³-hybridized carbons (Fsp3) is 0.158. The summed E-state index contributed by atoms with van der Waals surface area (Å²) in [7, 11) is 0. The molecule has 3 rings (SSSR count). The van der Waals surface area contributed by atoms with Crippen LogP contribution in [-0.4, -0.2) is 29.0 Å². The third-order valence-corrected chi connectivity index (χ3v) is 3.47. The molecule has 0 fully saturated rings. The van der Waals surface area contributed by atoms with Gasteiger partial charge >= 0.3 is 5.97 Å². The highest BCUT2D eigenvalue weighted by Gasteiger charge is 2.14. The van der Waals surface area contributed by atoms with Crippen LogP contribution >= 0.6 is 0 Å². The number of para-hydroxylation sites is 1. The Balaban J connectivity index is 1.94. The minimum atomic E-state index is -0.458. The van der Waals surface area contributed by atoms with Crippen LogP contribution in [0.2, 0.25) is 0 Å². The predicted molar refractivity (Wildman–Crippen MR) is 91.1 cm³/mol. The molecule has 0 atom stereocenters. The Hall–Kier alpha value is -3.15. The van der Waals surface area contributed by atoms with E-state index in [1.54, 1.807) is 29.8 Å². The van der Waals surface area contributed by atoms with Crippen molar-refractivity contribution in [2.24, 2.45) is 0 Å². The van der Waals surface area contributed by atoms with Gasteiger partial charge in [-0.05, 0) is 43.3 Å². The first-order valence-electron chi connectivity index (χ1n) is 7.87. The van der Waals surface area contributed by atoms with Crippen molar-refractivity contribution in [2.75, 3.05) is 13.2 Å². The highest BCUT2D eigenvalue weighted by Crippen LogP contribution is 2.27. The maximum Gasteiger partial charge on any atom is 0.344 e. The van der Waals surface area contributed by atoms with E-state index >= 15 is 0 Å². The molecule has 0 saturated heterocycles. The highest BCUT2D eigenvalue weighted by atomic mass is 19.1. The number of carbonyl (C=O) groups excluding carboxylic acids is 1. The molecule has 0 bridgehead atoms. The molecule has 5 nitrogen and oxygen atoms in total. The lowest BCUT2D eigenvalue weighted by atomic mass is 10.1. The van der Waals surface area contributed by atoms with Gasteiger partial charge in [-0.15, -0.1) is 5.10 Å². The number of nitrogens with zero attached hydrogens (tertiary/aromatic N) is 2. The SMILES string of the molecule is CCOC(=O)COc1cc(-c2ccc(F)cc2)n(-c2ccccc2)n1. The topological polar surface area (TPSA) is 53.4 Å². The van der Waals surface area contributed by atoms with Gasteiger partial charge in [0, 0.05) is 11.6 Å². The van der Waals surface area contributed by atoms with Crippen molar-refractivity contribution in [1.82, 2.24) is 9.78 Å². The number of esters is 1. The molecule has 25 heavy (non-hydrogen) atoms. The van der Waals surface area contributed by atoms with E-state index in [4.69, 9.17) is 9.47 Å². The molecule has 0 N–H and O–H groups in total. The number of carbonyl (C=O) groups is 1. The van der Waals surface area contributed by atoms with Gasteiger partial charge in [-0.2, -0.15) is 0 Å². The lowest BCUT2D eigenvalue weighted by Crippen LogP contribution is -2.14. The van der Waals surface area contributed by atoms with E-state index in [1.807, 2.05) is 30.3 Å². The number of benzene rings is 2. The summed E-state index contributed by atoms with van der Waals surface area (Å²) < 4.78 is 25.2. The van der Waals surface area contributed by atoms with Crippen LogP contribution in [0.5, 0.6) is 5.88 Å². The number of hydrogen-bond acceptors (Lipinski definition) is 4. The lowest BCUT2D eigenvalue weighted by Gasteiger charge is -2.07. The van der Waals surface area contributed by atoms with Gasteiger partial charge in [0.2, 0.25) is 5.88 Å². The van der Waals surface area contributed by atoms with Crippen LogP contribution in [0.15, 0.2) is 60.7 Å². The minimum absolute atomic E-state index is 0.220. The second kappa shape index (κ2) is 7.61. The fourth-order valence-electron chi connectivity index (χ4n) is 2.36. The van der Waals surface area contributed by atoms with Crippen molar-refractivity contribution in [1.29, 1.82) is 0 Å². The molecule has 1 heterocycles. The first-order valence-corrected chi connectivity index (χ1v) is 7.87. The van der Waals surface area contributed by atoms with E-state index in [-0.39, 0.29) is 18.3 Å². The predicted octanol–water partition coefficient (Wildman–Crippen LogP) is 3.62. The largest absolute Gasteiger partial charge is 0.465 e. The molecule has 0 aliphatic rings. The van der Waals surface area contributed by atoms with Gasteiger partial charge in [-0.3, -0.25) is 0 Å². The molecule has 0 unspecified atom stereocenters. The van der Waals surface area contributed by atoms with Gasteiger partial charge in [-0.25, -0.2) is 13.9 Å². The summed E-state index contributed by atoms with van der Waals surface area (Å²) in [5.74, 6) is -0.482. The quantitative estimate of drug-likeness (QED) is 0.643. The Morgan fingerprint density at radius 2 is 1.84 bits per heavy atom. The van der Waals surface area contributed by atoms with Crippen molar-refractivity contribution in [2.45, 2.75) is 6.92 Å². The second-order valence-corrected chi connectivity index (χ2v) is 5.22. The molecule has 6 heteroatoms. The maximum absolute atomic E-state index is 13.2. The zero-order valence-corrected chi connectivity index (χ0v) is 13.7. The average molecular weight is 340 g/mol. The Morgan fingerprint density at radius 1 is 1.12 bits per heavy atom. The van der Waals surface area contributed by atoms with Gasteiger partial charge in [0.1, 0.15) is 5.82 Å². The first-order chi connectivity index (χ1) is 12.2. The molecule has 0 spiro atoms. The maximum atomic E-state index is 13.2. The molecular weight excluding hydrogens is 323 g/mol. The normalized spacial score (nSPS) is 10.5.